The molecule has 2 saturated heterocycles. The lowest BCUT2D eigenvalue weighted by Crippen LogP contribution is -2.63. The van der Waals surface area contributed by atoms with Crippen molar-refractivity contribution in [3.63, 3.8) is 0 Å². The van der Waals surface area contributed by atoms with E-state index in [9.17, 15) is 30.3 Å². The Morgan fingerprint density at radius 1 is 1.11 bits per heavy atom. The highest BCUT2D eigenvalue weighted by molar-refractivity contribution is 5.92. The molecule has 0 radical (unpaired) electrons. The predicted molar refractivity (Wildman–Crippen MR) is 123 cm³/mol. The van der Waals surface area contributed by atoms with Crippen molar-refractivity contribution in [1.29, 1.82) is 0 Å². The quantitative estimate of drug-likeness (QED) is 0.174. The molecular formula is C22H31N5O9. The lowest BCUT2D eigenvalue weighted by Gasteiger charge is -2.44. The first-order chi connectivity index (χ1) is 17.2. The Morgan fingerprint density at radius 3 is 2.61 bits per heavy atom. The number of aromatic nitrogens is 2. The van der Waals surface area contributed by atoms with Crippen molar-refractivity contribution in [2.24, 2.45) is 11.7 Å². The molecule has 10 atom stereocenters. The van der Waals surface area contributed by atoms with E-state index < -0.39 is 73.5 Å². The van der Waals surface area contributed by atoms with Gasteiger partial charge in [0.15, 0.2) is 18.2 Å². The molecule has 0 saturated carbocycles. The van der Waals surface area contributed by atoms with Crippen LogP contribution in [0, 0.1) is 5.92 Å². The van der Waals surface area contributed by atoms with E-state index in [0.29, 0.717) is 5.39 Å². The molecule has 198 valence electrons. The number of amides is 1. The number of nitrogens with zero attached hydrogens (tertiary/aromatic N) is 2. The van der Waals surface area contributed by atoms with Crippen LogP contribution in [-0.2, 0) is 19.0 Å². The van der Waals surface area contributed by atoms with Crippen molar-refractivity contribution in [2.75, 3.05) is 18.6 Å². The van der Waals surface area contributed by atoms with Crippen LogP contribution in [0.25, 0.3) is 10.8 Å². The van der Waals surface area contributed by atoms with E-state index in [2.05, 4.69) is 21.0 Å². The van der Waals surface area contributed by atoms with Gasteiger partial charge in [0.25, 0.3) is 5.91 Å². The fourth-order valence-corrected chi connectivity index (χ4v) is 4.38. The topological polar surface area (TPSA) is 222 Å². The Kier molecular flexibility index (Phi) is 8.29. The Labute approximate surface area is 206 Å². The molecule has 14 nitrogen and oxygen atoms in total. The average Bonchev–Trinajstić information content (AvgIpc) is 2.89. The number of ether oxygens (including phenoxy) is 3. The summed E-state index contributed by atoms with van der Waals surface area (Å²) in [6, 6.07) is 6.53. The smallest absolute Gasteiger partial charge is 0.270 e. The van der Waals surface area contributed by atoms with Crippen LogP contribution >= 0.6 is 0 Å². The fraction of sp³-hybridized carbons (Fsp3) is 0.591. The van der Waals surface area contributed by atoms with E-state index in [1.807, 2.05) is 12.1 Å². The lowest BCUT2D eigenvalue weighted by atomic mass is 9.85. The van der Waals surface area contributed by atoms with Crippen LogP contribution in [0.3, 0.4) is 0 Å². The van der Waals surface area contributed by atoms with Crippen molar-refractivity contribution in [2.45, 2.75) is 62.0 Å². The number of carbonyl (C=O) groups excluding carboxylic acids is 1. The van der Waals surface area contributed by atoms with Crippen LogP contribution in [0.15, 0.2) is 30.5 Å². The van der Waals surface area contributed by atoms with Crippen molar-refractivity contribution in [3.8, 4) is 0 Å². The molecule has 0 spiro atoms. The molecule has 2 aliphatic rings. The second kappa shape index (κ2) is 11.2. The Balaban J connectivity index is 1.41. The van der Waals surface area contributed by atoms with Gasteiger partial charge in [-0.05, 0) is 6.92 Å². The summed E-state index contributed by atoms with van der Waals surface area (Å²) in [7, 11) is 0. The summed E-state index contributed by atoms with van der Waals surface area (Å²) in [5, 5.41) is 60.2. The minimum absolute atomic E-state index is 0.241. The van der Waals surface area contributed by atoms with Gasteiger partial charge in [0, 0.05) is 22.7 Å². The second-order valence-electron chi connectivity index (χ2n) is 8.92. The van der Waals surface area contributed by atoms with Crippen LogP contribution in [-0.4, -0.2) is 110 Å². The summed E-state index contributed by atoms with van der Waals surface area (Å²) < 4.78 is 16.5. The molecule has 14 heteroatoms. The minimum atomic E-state index is -1.77. The summed E-state index contributed by atoms with van der Waals surface area (Å²) >= 11 is 0. The average molecular weight is 510 g/mol. The van der Waals surface area contributed by atoms with Gasteiger partial charge >= 0.3 is 0 Å². The Morgan fingerprint density at radius 2 is 1.86 bits per heavy atom. The van der Waals surface area contributed by atoms with Gasteiger partial charge in [-0.15, -0.1) is 5.10 Å². The lowest BCUT2D eigenvalue weighted by molar-refractivity contribution is -0.297. The number of aliphatic hydroxyl groups is 5. The summed E-state index contributed by atoms with van der Waals surface area (Å²) in [6.07, 6.45) is -9.36. The number of benzene rings is 1. The highest BCUT2D eigenvalue weighted by Gasteiger charge is 2.48. The molecule has 1 aromatic heterocycles. The Bertz CT molecular complexity index is 1040. The molecule has 3 heterocycles. The van der Waals surface area contributed by atoms with Gasteiger partial charge in [-0.2, -0.15) is 5.10 Å². The van der Waals surface area contributed by atoms with Crippen molar-refractivity contribution < 1.29 is 44.5 Å². The van der Waals surface area contributed by atoms with E-state index in [1.165, 1.54) is 0 Å². The molecule has 0 aliphatic carbocycles. The number of carbonyl (C=O) groups is 1. The number of anilines is 1. The number of hydrogen-bond acceptors (Lipinski definition) is 13. The third-order valence-electron chi connectivity index (χ3n) is 6.58. The molecule has 1 aromatic carbocycles. The maximum absolute atomic E-state index is 12.8. The zero-order valence-corrected chi connectivity index (χ0v) is 19.4. The minimum Gasteiger partial charge on any atom is -0.394 e. The number of fused-ring (bicyclic) bond motifs is 1. The number of hydrogen-bond donors (Lipinski definition) is 8. The molecule has 4 rings (SSSR count). The summed E-state index contributed by atoms with van der Waals surface area (Å²) in [6.45, 7) is 1.01. The van der Waals surface area contributed by atoms with Crippen molar-refractivity contribution in [1.82, 2.24) is 15.6 Å². The van der Waals surface area contributed by atoms with Crippen LogP contribution in [0.2, 0.25) is 0 Å². The number of rotatable bonds is 7. The van der Waals surface area contributed by atoms with Gasteiger partial charge in [0.1, 0.15) is 24.4 Å². The zero-order valence-electron chi connectivity index (χ0n) is 19.4. The third kappa shape index (κ3) is 5.27. The van der Waals surface area contributed by atoms with Crippen LogP contribution in [0.1, 0.15) is 6.92 Å². The van der Waals surface area contributed by atoms with Gasteiger partial charge in [-0.1, -0.05) is 24.3 Å². The number of nitrogens with one attached hydrogen (secondary N) is 2. The number of nitrogens with two attached hydrogens (primary N) is 1. The molecular weight excluding hydrogens is 478 g/mol. The normalized spacial score (nSPS) is 37.0. The van der Waals surface area contributed by atoms with Crippen LogP contribution in [0.4, 0.5) is 5.82 Å². The molecule has 2 fully saturated rings. The zero-order chi connectivity index (χ0) is 26.0. The third-order valence-corrected chi connectivity index (χ3v) is 6.58. The maximum Gasteiger partial charge on any atom is 0.270 e. The molecule has 1 amide bonds. The van der Waals surface area contributed by atoms with E-state index in [4.69, 9.17) is 19.9 Å². The number of hydrazine groups is 1. The van der Waals surface area contributed by atoms with E-state index in [-0.39, 0.29) is 12.4 Å². The van der Waals surface area contributed by atoms with Gasteiger partial charge < -0.3 is 45.5 Å². The monoisotopic (exact) mass is 509 g/mol. The van der Waals surface area contributed by atoms with E-state index in [1.54, 1.807) is 25.3 Å². The van der Waals surface area contributed by atoms with Gasteiger partial charge in [0.2, 0.25) is 0 Å². The molecule has 2 aliphatic heterocycles. The van der Waals surface area contributed by atoms with Crippen LogP contribution in [0.5, 0.6) is 0 Å². The molecule has 36 heavy (non-hydrogen) atoms. The first kappa shape index (κ1) is 26.5. The van der Waals surface area contributed by atoms with Crippen molar-refractivity contribution >= 4 is 22.5 Å². The SMILES string of the molecule is C[C@@H]1OC(CO)[C@@H](O)[C@@H](CO[C@@H]2OC(C(=O)NNc3nncc4ccccc34)[C@@H](O)[C@@H](O)C2O)C1N. The first-order valence-electron chi connectivity index (χ1n) is 11.5. The second-order valence-corrected chi connectivity index (χ2v) is 8.92. The maximum atomic E-state index is 12.8. The largest absolute Gasteiger partial charge is 0.394 e. The van der Waals surface area contributed by atoms with Gasteiger partial charge in [-0.3, -0.25) is 15.6 Å². The fourth-order valence-electron chi connectivity index (χ4n) is 4.38. The standard InChI is InChI=1S/C22H31N5O9/c1-9-14(23)12(15(29)13(7-28)35-9)8-34-22-18(32)16(30)17(31)19(36-22)21(33)27-26-20-11-5-3-2-4-10(11)6-24-25-20/h2-6,9,12-19,22,28-32H,7-8,23H2,1H3,(H,25,26)(H,27,33)/t9-,12-,13?,14?,15-,16+,17-,18?,19?,22+/m0/s1. The summed E-state index contributed by atoms with van der Waals surface area (Å²) in [5.41, 5.74) is 11.1. The first-order valence-corrected chi connectivity index (χ1v) is 11.5. The number of aliphatic hydroxyl groups excluding tert-OH is 5. The summed E-state index contributed by atoms with van der Waals surface area (Å²) in [4.78, 5) is 12.8. The molecule has 0 bridgehead atoms. The highest BCUT2D eigenvalue weighted by Crippen LogP contribution is 2.28. The van der Waals surface area contributed by atoms with E-state index in [0.717, 1.165) is 5.39 Å². The van der Waals surface area contributed by atoms with E-state index >= 15 is 0 Å². The van der Waals surface area contributed by atoms with Gasteiger partial charge in [-0.25, -0.2) is 0 Å². The van der Waals surface area contributed by atoms with Crippen molar-refractivity contribution in [3.05, 3.63) is 30.5 Å². The molecule has 4 unspecified atom stereocenters. The Hall–Kier alpha value is -2.53. The predicted octanol–water partition coefficient (Wildman–Crippen LogP) is -3.02. The van der Waals surface area contributed by atoms with Crippen LogP contribution < -0.4 is 16.6 Å². The highest BCUT2D eigenvalue weighted by atomic mass is 16.7. The van der Waals surface area contributed by atoms with Gasteiger partial charge in [0.05, 0.1) is 31.6 Å². The molecule has 2 aromatic rings. The molecule has 9 N–H and O–H groups in total. The summed E-state index contributed by atoms with van der Waals surface area (Å²) in [5.74, 6) is -1.33.